The van der Waals surface area contributed by atoms with Crippen LogP contribution in [-0.2, 0) is 0 Å². The summed E-state index contributed by atoms with van der Waals surface area (Å²) in [6.45, 7) is -2.91. The van der Waals surface area contributed by atoms with Crippen LogP contribution in [0.2, 0.25) is 0 Å². The minimum atomic E-state index is -5.44. The van der Waals surface area contributed by atoms with E-state index in [-0.39, 0.29) is 6.92 Å². The molecule has 0 heterocycles. The number of hydrogen-bond acceptors (Lipinski definition) is 1. The second kappa shape index (κ2) is 2.79. The normalized spacial score (nSPS) is 19.0. The Labute approximate surface area is 64.0 Å². The highest BCUT2D eigenvalue weighted by Gasteiger charge is 2.67. The van der Waals surface area contributed by atoms with E-state index in [0.717, 1.165) is 0 Å². The molecule has 12 heavy (non-hydrogen) atoms. The molecule has 74 valence electrons. The van der Waals surface area contributed by atoms with Crippen LogP contribution in [0.1, 0.15) is 6.92 Å². The summed E-state index contributed by atoms with van der Waals surface area (Å²) in [5.41, 5.74) is 0. The van der Waals surface area contributed by atoms with Gasteiger partial charge >= 0.3 is 11.8 Å². The van der Waals surface area contributed by atoms with Gasteiger partial charge < -0.3 is 5.11 Å². The number of aliphatic hydroxyl groups is 1. The maximum absolute atomic E-state index is 12.1. The Kier molecular flexibility index (Phi) is 2.68. The van der Waals surface area contributed by atoms with Crippen LogP contribution in [-0.4, -0.2) is 29.5 Å². The van der Waals surface area contributed by atoms with E-state index in [1.807, 2.05) is 0 Å². The predicted octanol–water partition coefficient (Wildman–Crippen LogP) is 1.90. The largest absolute Gasteiger partial charge is 0.369 e. The molecule has 0 aromatic carbocycles. The zero-order valence-electron chi connectivity index (χ0n) is 5.92. The van der Waals surface area contributed by atoms with Gasteiger partial charge in [-0.1, -0.05) is 0 Å². The van der Waals surface area contributed by atoms with Crippen LogP contribution in [0.3, 0.4) is 0 Å². The lowest BCUT2D eigenvalue weighted by Crippen LogP contribution is -2.55. The van der Waals surface area contributed by atoms with Crippen LogP contribution < -0.4 is 0 Å². The molecule has 0 bridgehead atoms. The minimum absolute atomic E-state index is 0.170. The molecule has 0 amide bonds. The van der Waals surface area contributed by atoms with Crippen molar-refractivity contribution in [1.29, 1.82) is 0 Å². The zero-order chi connectivity index (χ0) is 10.2. The second-order valence-corrected chi connectivity index (χ2v) is 2.37. The van der Waals surface area contributed by atoms with E-state index in [0.29, 0.717) is 0 Å². The van der Waals surface area contributed by atoms with Gasteiger partial charge in [0.25, 0.3) is 5.85 Å². The molecule has 1 nitrogen and oxygen atoms in total. The molecule has 0 aromatic rings. The Morgan fingerprint density at radius 3 is 1.50 bits per heavy atom. The SMILES string of the molecule is CC(O)(F)C(F)(F)C(F)(F)CF. The van der Waals surface area contributed by atoms with E-state index < -0.39 is 24.4 Å². The van der Waals surface area contributed by atoms with Gasteiger partial charge in [0.15, 0.2) is 6.67 Å². The Balaban J connectivity index is 4.85. The van der Waals surface area contributed by atoms with Crippen LogP contribution in [0.25, 0.3) is 0 Å². The smallest absolute Gasteiger partial charge is 0.357 e. The maximum atomic E-state index is 12.1. The maximum Gasteiger partial charge on any atom is 0.369 e. The molecule has 0 aliphatic heterocycles. The average molecular weight is 196 g/mol. The molecule has 0 aliphatic carbocycles. The van der Waals surface area contributed by atoms with E-state index in [1.54, 1.807) is 0 Å². The van der Waals surface area contributed by atoms with Crippen LogP contribution in [0.4, 0.5) is 26.3 Å². The molecule has 1 N–H and O–H groups in total. The van der Waals surface area contributed by atoms with Gasteiger partial charge in [0.2, 0.25) is 0 Å². The van der Waals surface area contributed by atoms with Gasteiger partial charge in [0.1, 0.15) is 0 Å². The van der Waals surface area contributed by atoms with Crippen molar-refractivity contribution in [3.63, 3.8) is 0 Å². The number of halogens is 6. The van der Waals surface area contributed by atoms with E-state index in [1.165, 1.54) is 0 Å². The van der Waals surface area contributed by atoms with Crippen molar-refractivity contribution in [2.75, 3.05) is 6.67 Å². The molecule has 0 aliphatic rings. The molecule has 0 saturated heterocycles. The van der Waals surface area contributed by atoms with Crippen molar-refractivity contribution < 1.29 is 31.4 Å². The molecular formula is C5H6F6O. The molecule has 0 fully saturated rings. The highest BCUT2D eigenvalue weighted by Crippen LogP contribution is 2.43. The van der Waals surface area contributed by atoms with Crippen molar-refractivity contribution in [3.8, 4) is 0 Å². The summed E-state index contributed by atoms with van der Waals surface area (Å²) >= 11 is 0. The van der Waals surface area contributed by atoms with Gasteiger partial charge in [-0.05, 0) is 0 Å². The third-order valence-electron chi connectivity index (χ3n) is 1.20. The molecule has 7 heteroatoms. The monoisotopic (exact) mass is 196 g/mol. The van der Waals surface area contributed by atoms with Gasteiger partial charge in [0, 0.05) is 6.92 Å². The van der Waals surface area contributed by atoms with Crippen LogP contribution in [0, 0.1) is 0 Å². The summed E-state index contributed by atoms with van der Waals surface area (Å²) < 4.78 is 71.3. The quantitative estimate of drug-likeness (QED) is 0.683. The third-order valence-corrected chi connectivity index (χ3v) is 1.20. The highest BCUT2D eigenvalue weighted by molar-refractivity contribution is 4.93. The summed E-state index contributed by atoms with van der Waals surface area (Å²) in [5.74, 6) is -15.1. The average Bonchev–Trinajstić information content (AvgIpc) is 1.85. The Morgan fingerprint density at radius 2 is 1.42 bits per heavy atom. The number of alkyl halides is 6. The van der Waals surface area contributed by atoms with Gasteiger partial charge in [-0.25, -0.2) is 8.78 Å². The van der Waals surface area contributed by atoms with Gasteiger partial charge in [-0.3, -0.25) is 0 Å². The Morgan fingerprint density at radius 1 is 1.08 bits per heavy atom. The van der Waals surface area contributed by atoms with E-state index >= 15 is 0 Å². The molecular weight excluding hydrogens is 190 g/mol. The molecule has 0 saturated carbocycles. The Hall–Kier alpha value is -0.460. The van der Waals surface area contributed by atoms with E-state index in [4.69, 9.17) is 5.11 Å². The van der Waals surface area contributed by atoms with E-state index in [2.05, 4.69) is 0 Å². The summed E-state index contributed by atoms with van der Waals surface area (Å²) in [7, 11) is 0. The first-order valence-electron chi connectivity index (χ1n) is 2.79. The Bertz CT molecular complexity index is 160. The lowest BCUT2D eigenvalue weighted by Gasteiger charge is -2.30. The molecule has 0 aromatic heterocycles. The summed E-state index contributed by atoms with van der Waals surface area (Å²) in [5, 5.41) is 7.95. The lowest BCUT2D eigenvalue weighted by molar-refractivity contribution is -0.329. The molecule has 0 rings (SSSR count). The van der Waals surface area contributed by atoms with Crippen molar-refractivity contribution in [2.24, 2.45) is 0 Å². The predicted molar refractivity (Wildman–Crippen MR) is 27.6 cm³/mol. The topological polar surface area (TPSA) is 20.2 Å². The standard InChI is InChI=1S/C5H6F6O/c1-3(7,12)5(10,11)4(8,9)2-6/h12H,2H2,1H3. The van der Waals surface area contributed by atoms with Crippen molar-refractivity contribution in [3.05, 3.63) is 0 Å². The highest BCUT2D eigenvalue weighted by atomic mass is 19.3. The number of rotatable bonds is 3. The molecule has 0 radical (unpaired) electrons. The number of hydrogen-bond donors (Lipinski definition) is 1. The molecule has 1 atom stereocenters. The second-order valence-electron chi connectivity index (χ2n) is 2.37. The van der Waals surface area contributed by atoms with Gasteiger partial charge in [-0.15, -0.1) is 0 Å². The van der Waals surface area contributed by atoms with Gasteiger partial charge in [-0.2, -0.15) is 17.6 Å². The summed E-state index contributed by atoms with van der Waals surface area (Å²) in [6.07, 6.45) is 0. The minimum Gasteiger partial charge on any atom is -0.357 e. The zero-order valence-corrected chi connectivity index (χ0v) is 5.92. The van der Waals surface area contributed by atoms with Crippen molar-refractivity contribution in [1.82, 2.24) is 0 Å². The summed E-state index contributed by atoms with van der Waals surface area (Å²) in [6, 6.07) is 0. The first-order valence-corrected chi connectivity index (χ1v) is 2.79. The van der Waals surface area contributed by atoms with Crippen LogP contribution >= 0.6 is 0 Å². The first-order chi connectivity index (χ1) is 5.06. The lowest BCUT2D eigenvalue weighted by atomic mass is 10.1. The van der Waals surface area contributed by atoms with Crippen molar-refractivity contribution in [2.45, 2.75) is 24.6 Å². The molecule has 0 spiro atoms. The van der Waals surface area contributed by atoms with Gasteiger partial charge in [0.05, 0.1) is 0 Å². The van der Waals surface area contributed by atoms with Crippen LogP contribution in [0.15, 0.2) is 0 Å². The van der Waals surface area contributed by atoms with E-state index in [9.17, 15) is 26.3 Å². The molecule has 1 unspecified atom stereocenters. The fourth-order valence-corrected chi connectivity index (χ4v) is 0.418. The summed E-state index contributed by atoms with van der Waals surface area (Å²) in [4.78, 5) is 0. The van der Waals surface area contributed by atoms with Crippen molar-refractivity contribution >= 4 is 0 Å². The fraction of sp³-hybridized carbons (Fsp3) is 1.00. The fourth-order valence-electron chi connectivity index (χ4n) is 0.418. The first kappa shape index (κ1) is 11.5. The van der Waals surface area contributed by atoms with Crippen LogP contribution in [0.5, 0.6) is 0 Å². The third kappa shape index (κ3) is 1.65.